The van der Waals surface area contributed by atoms with Gasteiger partial charge in [0.05, 0.1) is 5.69 Å². The Morgan fingerprint density at radius 3 is 2.69 bits per heavy atom. The van der Waals surface area contributed by atoms with E-state index in [2.05, 4.69) is 0 Å². The van der Waals surface area contributed by atoms with E-state index in [9.17, 15) is 9.59 Å². The monoisotopic (exact) mass is 388 g/mol. The van der Waals surface area contributed by atoms with Gasteiger partial charge in [-0.3, -0.25) is 4.79 Å². The molecule has 2 heterocycles. The third-order valence-electron chi connectivity index (χ3n) is 3.77. The van der Waals surface area contributed by atoms with Crippen LogP contribution < -0.4 is 0 Å². The number of carbonyl (C=O) groups is 2. The van der Waals surface area contributed by atoms with Crippen LogP contribution >= 0.6 is 22.9 Å². The molecular weight excluding hydrogens is 372 g/mol. The van der Waals surface area contributed by atoms with Crippen LogP contribution in [-0.2, 0) is 16.1 Å². The summed E-state index contributed by atoms with van der Waals surface area (Å²) in [7, 11) is 1.66. The molecule has 0 aliphatic heterocycles. The minimum absolute atomic E-state index is 0.280. The highest BCUT2D eigenvalue weighted by atomic mass is 35.5. The Balaban J connectivity index is 1.58. The number of carbonyl (C=O) groups excluding carboxylic acids is 2. The van der Waals surface area contributed by atoms with Crippen LogP contribution in [0.1, 0.15) is 15.2 Å². The number of esters is 1. The summed E-state index contributed by atoms with van der Waals surface area (Å²) in [5, 5.41) is 2.43. The van der Waals surface area contributed by atoms with E-state index < -0.39 is 5.97 Å². The molecule has 7 heteroatoms. The zero-order chi connectivity index (χ0) is 18.5. The average Bonchev–Trinajstić information content (AvgIpc) is 3.30. The minimum atomic E-state index is -0.506. The predicted octanol–water partition coefficient (Wildman–Crippen LogP) is 4.01. The van der Waals surface area contributed by atoms with Crippen molar-refractivity contribution in [2.75, 3.05) is 13.7 Å². The number of rotatable bonds is 6. The second kappa shape index (κ2) is 8.21. The Hall–Kier alpha value is -2.57. The number of hydrogen-bond donors (Lipinski definition) is 0. The number of nitrogens with zero attached hydrogens (tertiary/aromatic N) is 2. The van der Waals surface area contributed by atoms with Crippen molar-refractivity contribution in [3.05, 3.63) is 75.7 Å². The van der Waals surface area contributed by atoms with Crippen molar-refractivity contribution in [1.29, 1.82) is 0 Å². The van der Waals surface area contributed by atoms with Crippen LogP contribution in [-0.4, -0.2) is 35.0 Å². The van der Waals surface area contributed by atoms with Gasteiger partial charge >= 0.3 is 5.97 Å². The molecule has 0 radical (unpaired) electrons. The Bertz CT molecular complexity index is 905. The van der Waals surface area contributed by atoms with Crippen LogP contribution in [0.25, 0.3) is 5.69 Å². The fraction of sp³-hybridized carbons (Fsp3) is 0.158. The first kappa shape index (κ1) is 18.2. The normalized spacial score (nSPS) is 10.5. The molecule has 0 unspecified atom stereocenters. The van der Waals surface area contributed by atoms with Gasteiger partial charge < -0.3 is 14.2 Å². The second-order valence-electron chi connectivity index (χ2n) is 5.68. The molecule has 0 saturated heterocycles. The maximum absolute atomic E-state index is 12.3. The van der Waals surface area contributed by atoms with Crippen LogP contribution in [0.4, 0.5) is 0 Å². The first-order chi connectivity index (χ1) is 12.5. The van der Waals surface area contributed by atoms with Crippen molar-refractivity contribution >= 4 is 34.8 Å². The molecule has 2 aromatic heterocycles. The molecule has 0 N–H and O–H groups in total. The molecule has 3 rings (SSSR count). The van der Waals surface area contributed by atoms with Crippen molar-refractivity contribution in [2.24, 2.45) is 0 Å². The summed E-state index contributed by atoms with van der Waals surface area (Å²) in [5.74, 6) is -0.786. The number of aromatic nitrogens is 1. The van der Waals surface area contributed by atoms with Gasteiger partial charge in [0.1, 0.15) is 4.88 Å². The molecule has 0 saturated carbocycles. The Labute approximate surface area is 160 Å². The molecular formula is C19H17ClN2O3S. The summed E-state index contributed by atoms with van der Waals surface area (Å²) in [6.45, 7) is 0.0868. The van der Waals surface area contributed by atoms with Gasteiger partial charge in [-0.1, -0.05) is 23.7 Å². The fourth-order valence-corrected chi connectivity index (χ4v) is 3.45. The summed E-state index contributed by atoms with van der Waals surface area (Å²) in [6, 6.07) is 12.9. The molecule has 134 valence electrons. The number of thiophene rings is 1. The molecule has 0 spiro atoms. The lowest BCUT2D eigenvalue weighted by atomic mass is 10.2. The van der Waals surface area contributed by atoms with E-state index >= 15 is 0 Å². The van der Waals surface area contributed by atoms with E-state index in [1.165, 1.54) is 16.2 Å². The molecule has 1 aromatic carbocycles. The lowest BCUT2D eigenvalue weighted by Gasteiger charge is -2.17. The summed E-state index contributed by atoms with van der Waals surface area (Å²) in [5.41, 5.74) is 1.65. The summed E-state index contributed by atoms with van der Waals surface area (Å²) in [4.78, 5) is 26.5. The van der Waals surface area contributed by atoms with Gasteiger partial charge in [-0.15, -0.1) is 11.3 Å². The number of ether oxygens (including phenoxy) is 1. The summed E-state index contributed by atoms with van der Waals surface area (Å²) >= 11 is 7.24. The van der Waals surface area contributed by atoms with Crippen LogP contribution in [0, 0.1) is 0 Å². The van der Waals surface area contributed by atoms with E-state index in [-0.39, 0.29) is 12.5 Å². The zero-order valence-corrected chi connectivity index (χ0v) is 15.7. The maximum atomic E-state index is 12.3. The molecule has 0 fully saturated rings. The SMILES string of the molecule is CN(Cc1cccc(Cl)c1)C(=O)COC(=O)c1sccc1-n1cccc1. The van der Waals surface area contributed by atoms with Crippen LogP contribution in [0.3, 0.4) is 0 Å². The van der Waals surface area contributed by atoms with Gasteiger partial charge in [0.25, 0.3) is 5.91 Å². The van der Waals surface area contributed by atoms with Crippen molar-refractivity contribution < 1.29 is 14.3 Å². The topological polar surface area (TPSA) is 51.5 Å². The Morgan fingerprint density at radius 1 is 1.19 bits per heavy atom. The molecule has 0 aliphatic rings. The maximum Gasteiger partial charge on any atom is 0.350 e. The Kier molecular flexibility index (Phi) is 5.75. The highest BCUT2D eigenvalue weighted by Gasteiger charge is 2.18. The third-order valence-corrected chi connectivity index (χ3v) is 4.89. The van der Waals surface area contributed by atoms with Gasteiger partial charge in [0.2, 0.25) is 0 Å². The third kappa shape index (κ3) is 4.33. The Morgan fingerprint density at radius 2 is 1.96 bits per heavy atom. The standard InChI is InChI=1S/C19H17ClN2O3S/c1-21(12-14-5-4-6-15(20)11-14)17(23)13-25-19(24)18-16(7-10-26-18)22-8-2-3-9-22/h2-11H,12-13H2,1H3. The zero-order valence-electron chi connectivity index (χ0n) is 14.1. The molecule has 5 nitrogen and oxygen atoms in total. The van der Waals surface area contributed by atoms with Crippen LogP contribution in [0.5, 0.6) is 0 Å². The molecule has 26 heavy (non-hydrogen) atoms. The lowest BCUT2D eigenvalue weighted by Crippen LogP contribution is -2.30. The average molecular weight is 389 g/mol. The molecule has 0 atom stereocenters. The smallest absolute Gasteiger partial charge is 0.350 e. The van der Waals surface area contributed by atoms with Gasteiger partial charge in [-0.05, 0) is 41.3 Å². The number of halogens is 1. The van der Waals surface area contributed by atoms with E-state index in [1.807, 2.05) is 52.7 Å². The highest BCUT2D eigenvalue weighted by molar-refractivity contribution is 7.12. The second-order valence-corrected chi connectivity index (χ2v) is 7.03. The quantitative estimate of drug-likeness (QED) is 0.599. The van der Waals surface area contributed by atoms with Crippen LogP contribution in [0.15, 0.2) is 60.2 Å². The number of amides is 1. The largest absolute Gasteiger partial charge is 0.451 e. The van der Waals surface area contributed by atoms with Crippen molar-refractivity contribution in [3.63, 3.8) is 0 Å². The fourth-order valence-electron chi connectivity index (χ4n) is 2.45. The summed E-state index contributed by atoms with van der Waals surface area (Å²) in [6.07, 6.45) is 3.70. The molecule has 3 aromatic rings. The molecule has 0 aliphatic carbocycles. The number of likely N-dealkylation sites (N-methyl/N-ethyl adjacent to an activating group) is 1. The van der Waals surface area contributed by atoms with E-state index in [1.54, 1.807) is 19.2 Å². The van der Waals surface area contributed by atoms with Gasteiger partial charge in [-0.25, -0.2) is 4.79 Å². The number of hydrogen-bond acceptors (Lipinski definition) is 4. The van der Waals surface area contributed by atoms with Gasteiger partial charge in [-0.2, -0.15) is 0 Å². The van der Waals surface area contributed by atoms with Crippen LogP contribution in [0.2, 0.25) is 5.02 Å². The minimum Gasteiger partial charge on any atom is -0.451 e. The van der Waals surface area contributed by atoms with E-state index in [0.29, 0.717) is 16.4 Å². The van der Waals surface area contributed by atoms with Crippen molar-refractivity contribution in [2.45, 2.75) is 6.54 Å². The number of benzene rings is 1. The first-order valence-electron chi connectivity index (χ1n) is 7.91. The van der Waals surface area contributed by atoms with Gasteiger partial charge in [0, 0.05) is 31.0 Å². The van der Waals surface area contributed by atoms with Crippen molar-refractivity contribution in [3.8, 4) is 5.69 Å². The van der Waals surface area contributed by atoms with Crippen molar-refractivity contribution in [1.82, 2.24) is 9.47 Å². The predicted molar refractivity (Wildman–Crippen MR) is 102 cm³/mol. The van der Waals surface area contributed by atoms with E-state index in [4.69, 9.17) is 16.3 Å². The molecule has 1 amide bonds. The highest BCUT2D eigenvalue weighted by Crippen LogP contribution is 2.22. The lowest BCUT2D eigenvalue weighted by molar-refractivity contribution is -0.133. The van der Waals surface area contributed by atoms with Gasteiger partial charge in [0.15, 0.2) is 6.61 Å². The first-order valence-corrected chi connectivity index (χ1v) is 9.17. The van der Waals surface area contributed by atoms with E-state index in [0.717, 1.165) is 11.3 Å². The summed E-state index contributed by atoms with van der Waals surface area (Å²) < 4.78 is 7.04. The molecule has 0 bridgehead atoms.